The minimum absolute atomic E-state index is 0.00642. The van der Waals surface area contributed by atoms with Gasteiger partial charge in [-0.3, -0.25) is 4.79 Å². The van der Waals surface area contributed by atoms with Crippen LogP contribution >= 0.6 is 0 Å². The Kier molecular flexibility index (Phi) is 6.39. The molecule has 8 heteroatoms. The van der Waals surface area contributed by atoms with E-state index in [0.717, 1.165) is 44.7 Å². The minimum Gasteiger partial charge on any atom is -0.357 e. The van der Waals surface area contributed by atoms with Crippen molar-refractivity contribution in [1.82, 2.24) is 29.3 Å². The molecule has 146 valence electrons. The first kappa shape index (κ1) is 19.3. The maximum atomic E-state index is 12.8. The Morgan fingerprint density at radius 3 is 2.78 bits per heavy atom. The van der Waals surface area contributed by atoms with Crippen molar-refractivity contribution in [3.05, 3.63) is 36.2 Å². The van der Waals surface area contributed by atoms with E-state index in [4.69, 9.17) is 0 Å². The van der Waals surface area contributed by atoms with Gasteiger partial charge in [-0.2, -0.15) is 0 Å². The molecule has 0 aliphatic carbocycles. The Balaban J connectivity index is 1.65. The number of piperidine rings is 1. The van der Waals surface area contributed by atoms with Gasteiger partial charge in [-0.25, -0.2) is 15.0 Å². The molecule has 1 aliphatic rings. The first-order valence-electron chi connectivity index (χ1n) is 9.53. The van der Waals surface area contributed by atoms with E-state index in [1.54, 1.807) is 19.4 Å². The summed E-state index contributed by atoms with van der Waals surface area (Å²) in [4.78, 5) is 29.9. The van der Waals surface area contributed by atoms with Gasteiger partial charge < -0.3 is 19.7 Å². The molecule has 0 radical (unpaired) electrons. The Labute approximate surface area is 160 Å². The molecule has 2 aromatic rings. The summed E-state index contributed by atoms with van der Waals surface area (Å²) >= 11 is 0. The number of rotatable bonds is 7. The number of hydrogen-bond acceptors (Lipinski definition) is 6. The smallest absolute Gasteiger partial charge is 0.257 e. The second kappa shape index (κ2) is 8.94. The predicted molar refractivity (Wildman–Crippen MR) is 105 cm³/mol. The van der Waals surface area contributed by atoms with Gasteiger partial charge in [0.1, 0.15) is 5.82 Å². The quantitative estimate of drug-likeness (QED) is 0.798. The summed E-state index contributed by atoms with van der Waals surface area (Å²) in [6.07, 6.45) is 10.2. The number of nitrogens with one attached hydrogen (secondary N) is 1. The fourth-order valence-corrected chi connectivity index (χ4v) is 3.55. The molecular weight excluding hydrogens is 342 g/mol. The number of hydrogen-bond donors (Lipinski definition) is 1. The summed E-state index contributed by atoms with van der Waals surface area (Å²) in [5.41, 5.74) is 0.531. The van der Waals surface area contributed by atoms with Gasteiger partial charge in [0.2, 0.25) is 5.95 Å². The van der Waals surface area contributed by atoms with Crippen LogP contribution in [0.1, 0.15) is 41.4 Å². The van der Waals surface area contributed by atoms with E-state index in [9.17, 15) is 4.79 Å². The van der Waals surface area contributed by atoms with Crippen LogP contribution in [0.25, 0.3) is 0 Å². The molecule has 2 aromatic heterocycles. The zero-order chi connectivity index (χ0) is 19.2. The molecule has 1 fully saturated rings. The number of amides is 1. The van der Waals surface area contributed by atoms with Gasteiger partial charge >= 0.3 is 0 Å². The van der Waals surface area contributed by atoms with Gasteiger partial charge in [0.15, 0.2) is 0 Å². The number of carbonyl (C=O) groups excluding carboxylic acids is 1. The molecule has 8 nitrogen and oxygen atoms in total. The van der Waals surface area contributed by atoms with E-state index in [0.29, 0.717) is 18.1 Å². The molecule has 0 bridgehead atoms. The first-order chi connectivity index (χ1) is 13.1. The van der Waals surface area contributed by atoms with Crippen molar-refractivity contribution >= 4 is 11.9 Å². The highest BCUT2D eigenvalue weighted by Gasteiger charge is 2.28. The molecule has 0 aromatic carbocycles. The van der Waals surface area contributed by atoms with Crippen LogP contribution in [0.2, 0.25) is 0 Å². The number of aromatic nitrogens is 4. The van der Waals surface area contributed by atoms with E-state index < -0.39 is 0 Å². The molecule has 0 spiro atoms. The van der Waals surface area contributed by atoms with Crippen molar-refractivity contribution in [3.8, 4) is 0 Å². The van der Waals surface area contributed by atoms with E-state index in [1.807, 2.05) is 11.1 Å². The lowest BCUT2D eigenvalue weighted by Crippen LogP contribution is -2.40. The van der Waals surface area contributed by atoms with Crippen LogP contribution in [-0.4, -0.2) is 76.0 Å². The predicted octanol–water partition coefficient (Wildman–Crippen LogP) is 1.69. The van der Waals surface area contributed by atoms with Crippen LogP contribution in [0.5, 0.6) is 0 Å². The van der Waals surface area contributed by atoms with Crippen LogP contribution < -0.4 is 5.32 Å². The average Bonchev–Trinajstić information content (AvgIpc) is 3.16. The van der Waals surface area contributed by atoms with Crippen LogP contribution in [0.15, 0.2) is 24.8 Å². The third kappa shape index (κ3) is 4.82. The fourth-order valence-electron chi connectivity index (χ4n) is 3.55. The highest BCUT2D eigenvalue weighted by Crippen LogP contribution is 2.27. The van der Waals surface area contributed by atoms with E-state index >= 15 is 0 Å². The van der Waals surface area contributed by atoms with Crippen molar-refractivity contribution in [2.75, 3.05) is 46.1 Å². The number of anilines is 1. The summed E-state index contributed by atoms with van der Waals surface area (Å²) in [6, 6.07) is 0. The number of aryl methyl sites for hydroxylation is 1. The Morgan fingerprint density at radius 2 is 2.07 bits per heavy atom. The fraction of sp³-hybridized carbons (Fsp3) is 0.579. The Hall–Kier alpha value is -2.48. The number of imidazole rings is 1. The number of carbonyl (C=O) groups is 1. The summed E-state index contributed by atoms with van der Waals surface area (Å²) in [5.74, 6) is 1.87. The lowest BCUT2D eigenvalue weighted by atomic mass is 9.96. The van der Waals surface area contributed by atoms with Crippen molar-refractivity contribution in [1.29, 1.82) is 0 Å². The van der Waals surface area contributed by atoms with Crippen LogP contribution in [0.4, 0.5) is 5.95 Å². The van der Waals surface area contributed by atoms with Crippen molar-refractivity contribution in [3.63, 3.8) is 0 Å². The van der Waals surface area contributed by atoms with Gasteiger partial charge in [0, 0.05) is 57.4 Å². The molecule has 0 saturated carbocycles. The third-order valence-electron chi connectivity index (χ3n) is 4.95. The molecule has 1 atom stereocenters. The maximum absolute atomic E-state index is 12.8. The highest BCUT2D eigenvalue weighted by molar-refractivity contribution is 5.93. The number of nitrogens with zero attached hydrogens (tertiary/aromatic N) is 6. The van der Waals surface area contributed by atoms with Crippen LogP contribution in [-0.2, 0) is 6.54 Å². The molecular formula is C19H29N7O. The van der Waals surface area contributed by atoms with Gasteiger partial charge in [0.05, 0.1) is 5.56 Å². The van der Waals surface area contributed by atoms with Crippen molar-refractivity contribution < 1.29 is 4.79 Å². The molecule has 1 N–H and O–H groups in total. The van der Waals surface area contributed by atoms with E-state index in [1.165, 1.54) is 0 Å². The Morgan fingerprint density at radius 1 is 1.30 bits per heavy atom. The topological polar surface area (TPSA) is 79.2 Å². The molecule has 3 rings (SSSR count). The van der Waals surface area contributed by atoms with Gasteiger partial charge in [-0.1, -0.05) is 0 Å². The van der Waals surface area contributed by atoms with Crippen molar-refractivity contribution in [2.45, 2.75) is 31.7 Å². The van der Waals surface area contributed by atoms with Gasteiger partial charge in [-0.15, -0.1) is 0 Å². The van der Waals surface area contributed by atoms with Gasteiger partial charge in [-0.05, 0) is 39.9 Å². The average molecular weight is 371 g/mol. The zero-order valence-corrected chi connectivity index (χ0v) is 16.4. The molecule has 27 heavy (non-hydrogen) atoms. The monoisotopic (exact) mass is 371 g/mol. The van der Waals surface area contributed by atoms with E-state index in [-0.39, 0.29) is 11.8 Å². The standard InChI is InChI=1S/C19H29N7O/c1-20-19-22-12-16(13-23-19)18(27)26-9-4-6-15(14-26)17-21-7-11-25(17)10-5-8-24(2)3/h7,11-13,15H,4-6,8-10,14H2,1-3H3,(H,20,22,23). The Bertz CT molecular complexity index is 741. The minimum atomic E-state index is -0.00642. The highest BCUT2D eigenvalue weighted by atomic mass is 16.2. The summed E-state index contributed by atoms with van der Waals surface area (Å²) < 4.78 is 2.24. The summed E-state index contributed by atoms with van der Waals surface area (Å²) in [5, 5.41) is 2.87. The molecule has 1 saturated heterocycles. The largest absolute Gasteiger partial charge is 0.357 e. The van der Waals surface area contributed by atoms with Crippen LogP contribution in [0, 0.1) is 0 Å². The normalized spacial score (nSPS) is 17.3. The van der Waals surface area contributed by atoms with Crippen LogP contribution in [0.3, 0.4) is 0 Å². The molecule has 3 heterocycles. The molecule has 1 aliphatic heterocycles. The SMILES string of the molecule is CNc1ncc(C(=O)N2CCCC(c3nccn3CCCN(C)C)C2)cn1. The molecule has 1 amide bonds. The zero-order valence-electron chi connectivity index (χ0n) is 16.4. The van der Waals surface area contributed by atoms with Crippen molar-refractivity contribution in [2.24, 2.45) is 0 Å². The molecule has 1 unspecified atom stereocenters. The second-order valence-corrected chi connectivity index (χ2v) is 7.27. The summed E-state index contributed by atoms with van der Waals surface area (Å²) in [6.45, 7) is 3.47. The third-order valence-corrected chi connectivity index (χ3v) is 4.95. The maximum Gasteiger partial charge on any atom is 0.257 e. The first-order valence-corrected chi connectivity index (χ1v) is 9.53. The lowest BCUT2D eigenvalue weighted by molar-refractivity contribution is 0.0702. The second-order valence-electron chi connectivity index (χ2n) is 7.27. The summed E-state index contributed by atoms with van der Waals surface area (Å²) in [7, 11) is 5.94. The van der Waals surface area contributed by atoms with E-state index in [2.05, 4.69) is 50.0 Å². The van der Waals surface area contributed by atoms with Gasteiger partial charge in [0.25, 0.3) is 5.91 Å². The number of likely N-dealkylation sites (tertiary alicyclic amines) is 1. The lowest BCUT2D eigenvalue weighted by Gasteiger charge is -2.32.